The van der Waals surface area contributed by atoms with E-state index < -0.39 is 5.97 Å². The molecule has 5 heteroatoms. The number of benzene rings is 2. The van der Waals surface area contributed by atoms with Crippen molar-refractivity contribution in [1.82, 2.24) is 0 Å². The molecule has 0 saturated heterocycles. The van der Waals surface area contributed by atoms with Gasteiger partial charge in [0.1, 0.15) is 5.75 Å². The summed E-state index contributed by atoms with van der Waals surface area (Å²) in [6, 6.07) is 17.0. The Kier molecular flexibility index (Phi) is 5.26. The van der Waals surface area contributed by atoms with Crippen LogP contribution in [0.5, 0.6) is 5.75 Å². The Morgan fingerprint density at radius 2 is 1.76 bits per heavy atom. The van der Waals surface area contributed by atoms with Gasteiger partial charge < -0.3 is 9.84 Å². The zero-order valence-electron chi connectivity index (χ0n) is 13.3. The second kappa shape index (κ2) is 7.77. The monoisotopic (exact) mass is 352 g/mol. The van der Waals surface area contributed by atoms with Crippen LogP contribution in [0.15, 0.2) is 66.0 Å². The summed E-state index contributed by atoms with van der Waals surface area (Å²) in [5.41, 5.74) is 1.47. The van der Waals surface area contributed by atoms with E-state index in [1.807, 2.05) is 11.4 Å². The summed E-state index contributed by atoms with van der Waals surface area (Å²) in [5.74, 6) is -0.535. The molecule has 2 aromatic carbocycles. The Morgan fingerprint density at radius 3 is 2.48 bits per heavy atom. The first-order valence-electron chi connectivity index (χ1n) is 7.77. The quantitative estimate of drug-likeness (QED) is 0.536. The Hall–Kier alpha value is -2.92. The topological polar surface area (TPSA) is 63.6 Å². The molecule has 0 aliphatic heterocycles. The van der Waals surface area contributed by atoms with Crippen LogP contribution in [-0.2, 0) is 11.2 Å². The Balaban J connectivity index is 1.69. The molecule has 3 aromatic rings. The summed E-state index contributed by atoms with van der Waals surface area (Å²) in [6.07, 6.45) is 0.487. The first kappa shape index (κ1) is 16.9. The molecule has 0 spiro atoms. The number of rotatable bonds is 6. The number of phenols is 1. The average molecular weight is 352 g/mol. The van der Waals surface area contributed by atoms with Gasteiger partial charge in [-0.1, -0.05) is 36.4 Å². The minimum atomic E-state index is -0.527. The van der Waals surface area contributed by atoms with Gasteiger partial charge in [0.2, 0.25) is 5.78 Å². The molecule has 0 saturated carbocycles. The molecule has 4 nitrogen and oxygen atoms in total. The zero-order chi connectivity index (χ0) is 17.6. The van der Waals surface area contributed by atoms with Crippen LogP contribution in [0.2, 0.25) is 0 Å². The van der Waals surface area contributed by atoms with Crippen molar-refractivity contribution in [3.63, 3.8) is 0 Å². The molecule has 25 heavy (non-hydrogen) atoms. The maximum Gasteiger partial charge on any atom is 0.338 e. The van der Waals surface area contributed by atoms with E-state index in [-0.39, 0.29) is 23.7 Å². The largest absolute Gasteiger partial charge is 0.508 e. The Bertz CT molecular complexity index is 884. The molecule has 0 unspecified atom stereocenters. The third-order valence-electron chi connectivity index (χ3n) is 3.67. The summed E-state index contributed by atoms with van der Waals surface area (Å²) >= 11 is 1.34. The molecule has 126 valence electrons. The van der Waals surface area contributed by atoms with Gasteiger partial charge in [-0.2, -0.15) is 0 Å². The molecule has 0 fully saturated rings. The fraction of sp³-hybridized carbons (Fsp3) is 0.100. The lowest BCUT2D eigenvalue weighted by atomic mass is 10.0. The molecule has 3 rings (SSSR count). The van der Waals surface area contributed by atoms with Crippen LogP contribution in [0.1, 0.15) is 31.2 Å². The lowest BCUT2D eigenvalue weighted by molar-refractivity contribution is 0.0506. The number of aromatic hydroxyl groups is 1. The molecule has 0 aliphatic carbocycles. The predicted molar refractivity (Wildman–Crippen MR) is 96.3 cm³/mol. The van der Waals surface area contributed by atoms with Crippen molar-refractivity contribution in [1.29, 1.82) is 0 Å². The van der Waals surface area contributed by atoms with Gasteiger partial charge in [0.05, 0.1) is 17.0 Å². The van der Waals surface area contributed by atoms with Crippen LogP contribution in [0.25, 0.3) is 0 Å². The van der Waals surface area contributed by atoms with E-state index in [2.05, 4.69) is 0 Å². The second-order valence-corrected chi connectivity index (χ2v) is 6.36. The van der Waals surface area contributed by atoms with Crippen molar-refractivity contribution < 1.29 is 19.4 Å². The number of carbonyl (C=O) groups excluding carboxylic acids is 2. The summed E-state index contributed by atoms with van der Waals surface area (Å²) in [6.45, 7) is 0.170. The van der Waals surface area contributed by atoms with Crippen molar-refractivity contribution in [2.75, 3.05) is 6.61 Å². The molecule has 1 aromatic heterocycles. The summed E-state index contributed by atoms with van der Waals surface area (Å²) < 4.78 is 5.31. The second-order valence-electron chi connectivity index (χ2n) is 5.41. The number of carbonyl (C=O) groups is 2. The van der Waals surface area contributed by atoms with E-state index in [1.54, 1.807) is 54.6 Å². The minimum Gasteiger partial charge on any atom is -0.508 e. The highest BCUT2D eigenvalue weighted by atomic mass is 32.1. The number of phenolic OH excluding ortho intramolecular Hbond substituents is 1. The number of esters is 1. The summed E-state index contributed by atoms with van der Waals surface area (Å²) in [4.78, 5) is 25.5. The number of hydrogen-bond acceptors (Lipinski definition) is 5. The van der Waals surface area contributed by atoms with Crippen molar-refractivity contribution in [3.05, 3.63) is 87.6 Å². The zero-order valence-corrected chi connectivity index (χ0v) is 14.2. The molecule has 0 aliphatic rings. The highest BCUT2D eigenvalue weighted by molar-refractivity contribution is 7.12. The molecule has 0 atom stereocenters. The van der Waals surface area contributed by atoms with Crippen molar-refractivity contribution in [2.45, 2.75) is 6.42 Å². The van der Waals surface area contributed by atoms with Gasteiger partial charge in [0.15, 0.2) is 0 Å². The van der Waals surface area contributed by atoms with Gasteiger partial charge in [-0.05, 0) is 35.2 Å². The van der Waals surface area contributed by atoms with Crippen molar-refractivity contribution >= 4 is 23.1 Å². The van der Waals surface area contributed by atoms with Crippen LogP contribution < -0.4 is 0 Å². The van der Waals surface area contributed by atoms with Crippen LogP contribution in [0.4, 0.5) is 0 Å². The van der Waals surface area contributed by atoms with Crippen LogP contribution in [-0.4, -0.2) is 23.5 Å². The van der Waals surface area contributed by atoms with E-state index in [9.17, 15) is 14.7 Å². The third-order valence-corrected chi connectivity index (χ3v) is 4.54. The summed E-state index contributed by atoms with van der Waals surface area (Å²) in [7, 11) is 0. The van der Waals surface area contributed by atoms with E-state index in [4.69, 9.17) is 4.74 Å². The van der Waals surface area contributed by atoms with Crippen LogP contribution in [0.3, 0.4) is 0 Å². The Labute approximate surface area is 149 Å². The van der Waals surface area contributed by atoms with Gasteiger partial charge in [-0.25, -0.2) is 4.79 Å². The fourth-order valence-corrected chi connectivity index (χ4v) is 3.13. The lowest BCUT2D eigenvalue weighted by Crippen LogP contribution is -2.13. The van der Waals surface area contributed by atoms with Gasteiger partial charge in [0.25, 0.3) is 0 Å². The molecule has 1 N–H and O–H groups in total. The molecule has 0 amide bonds. The van der Waals surface area contributed by atoms with Crippen LogP contribution >= 0.6 is 11.3 Å². The number of ether oxygens (including phenoxy) is 1. The first-order chi connectivity index (χ1) is 12.1. The Morgan fingerprint density at radius 1 is 0.960 bits per heavy atom. The van der Waals surface area contributed by atoms with Gasteiger partial charge in [-0.15, -0.1) is 11.3 Å². The third kappa shape index (κ3) is 4.14. The van der Waals surface area contributed by atoms with E-state index >= 15 is 0 Å². The highest BCUT2D eigenvalue weighted by Crippen LogP contribution is 2.19. The SMILES string of the molecule is O=C(OCCc1cccc(O)c1)c1ccccc1C(=O)c1cccs1. The van der Waals surface area contributed by atoms with Crippen molar-refractivity contribution in [2.24, 2.45) is 0 Å². The number of hydrogen-bond donors (Lipinski definition) is 1. The maximum absolute atomic E-state index is 12.5. The van der Waals surface area contributed by atoms with E-state index in [0.717, 1.165) is 5.56 Å². The molecule has 0 radical (unpaired) electrons. The average Bonchev–Trinajstić information content (AvgIpc) is 3.16. The molecule has 1 heterocycles. The molecular weight excluding hydrogens is 336 g/mol. The maximum atomic E-state index is 12.5. The van der Waals surface area contributed by atoms with Crippen LogP contribution in [0, 0.1) is 0 Å². The predicted octanol–water partition coefficient (Wildman–Crippen LogP) is 4.08. The number of ketones is 1. The van der Waals surface area contributed by atoms with Gasteiger partial charge in [0, 0.05) is 12.0 Å². The first-order valence-corrected chi connectivity index (χ1v) is 8.65. The molecular formula is C20H16O4S. The fourth-order valence-electron chi connectivity index (χ4n) is 2.45. The number of thiophene rings is 1. The summed E-state index contributed by atoms with van der Waals surface area (Å²) in [5, 5.41) is 11.3. The van der Waals surface area contributed by atoms with E-state index in [0.29, 0.717) is 16.9 Å². The standard InChI is InChI=1S/C20H16O4S/c21-15-6-3-5-14(13-15)10-11-24-20(23)17-8-2-1-7-16(17)19(22)18-9-4-12-25-18/h1-9,12-13,21H,10-11H2. The normalized spacial score (nSPS) is 10.4. The lowest BCUT2D eigenvalue weighted by Gasteiger charge is -2.09. The van der Waals surface area contributed by atoms with Gasteiger partial charge in [-0.3, -0.25) is 4.79 Å². The molecule has 0 bridgehead atoms. The smallest absolute Gasteiger partial charge is 0.338 e. The van der Waals surface area contributed by atoms with Gasteiger partial charge >= 0.3 is 5.97 Å². The highest BCUT2D eigenvalue weighted by Gasteiger charge is 2.19. The van der Waals surface area contributed by atoms with Crippen molar-refractivity contribution in [3.8, 4) is 5.75 Å². The van der Waals surface area contributed by atoms with E-state index in [1.165, 1.54) is 11.3 Å². The minimum absolute atomic E-state index is 0.170.